The molecule has 0 atom stereocenters. The van der Waals surface area contributed by atoms with Crippen molar-refractivity contribution in [3.63, 3.8) is 0 Å². The molecular formula is C20H41N3. The Bertz CT molecular complexity index is 303. The Hall–Kier alpha value is -0.120. The van der Waals surface area contributed by atoms with Crippen molar-refractivity contribution in [2.45, 2.75) is 54.4 Å². The molecule has 0 bridgehead atoms. The van der Waals surface area contributed by atoms with Crippen LogP contribution in [0, 0.1) is 16.7 Å². The van der Waals surface area contributed by atoms with Crippen LogP contribution in [0.2, 0.25) is 0 Å². The summed E-state index contributed by atoms with van der Waals surface area (Å²) < 4.78 is 0. The van der Waals surface area contributed by atoms with Crippen LogP contribution in [-0.2, 0) is 0 Å². The van der Waals surface area contributed by atoms with E-state index in [1.54, 1.807) is 0 Å². The molecule has 2 fully saturated rings. The zero-order chi connectivity index (χ0) is 17.1. The molecular weight excluding hydrogens is 282 g/mol. The van der Waals surface area contributed by atoms with Crippen molar-refractivity contribution in [3.05, 3.63) is 0 Å². The average molecular weight is 324 g/mol. The first-order valence-corrected chi connectivity index (χ1v) is 9.78. The van der Waals surface area contributed by atoms with Crippen LogP contribution in [-0.4, -0.2) is 73.6 Å². The Morgan fingerprint density at radius 3 is 1.43 bits per heavy atom. The van der Waals surface area contributed by atoms with Crippen LogP contribution in [0.15, 0.2) is 0 Å². The van der Waals surface area contributed by atoms with Crippen LogP contribution >= 0.6 is 0 Å². The third kappa shape index (κ3) is 7.53. The van der Waals surface area contributed by atoms with Crippen molar-refractivity contribution in [1.82, 2.24) is 14.7 Å². The molecule has 23 heavy (non-hydrogen) atoms. The van der Waals surface area contributed by atoms with Crippen molar-refractivity contribution in [1.29, 1.82) is 0 Å². The van der Waals surface area contributed by atoms with Gasteiger partial charge in [-0.2, -0.15) is 0 Å². The van der Waals surface area contributed by atoms with E-state index in [0.29, 0.717) is 10.8 Å². The number of hydrogen-bond acceptors (Lipinski definition) is 3. The van der Waals surface area contributed by atoms with E-state index >= 15 is 0 Å². The van der Waals surface area contributed by atoms with E-state index in [1.165, 1.54) is 71.7 Å². The number of likely N-dealkylation sites (tertiary alicyclic amines) is 1. The first-order valence-electron chi connectivity index (χ1n) is 9.78. The minimum Gasteiger partial charge on any atom is -0.303 e. The number of nitrogens with zero attached hydrogens (tertiary/aromatic N) is 3. The van der Waals surface area contributed by atoms with E-state index in [1.807, 2.05) is 0 Å². The Kier molecular flexibility index (Phi) is 6.55. The fourth-order valence-electron chi connectivity index (χ4n) is 4.16. The number of piperazine rings is 1. The lowest BCUT2D eigenvalue weighted by Crippen LogP contribution is -2.50. The summed E-state index contributed by atoms with van der Waals surface area (Å²) in [5.74, 6) is 0.931. The Morgan fingerprint density at radius 1 is 0.609 bits per heavy atom. The molecule has 136 valence electrons. The molecule has 0 aromatic heterocycles. The van der Waals surface area contributed by atoms with Gasteiger partial charge in [-0.15, -0.1) is 0 Å². The molecule has 0 aliphatic carbocycles. The molecule has 2 aliphatic rings. The van der Waals surface area contributed by atoms with Gasteiger partial charge in [0.15, 0.2) is 0 Å². The van der Waals surface area contributed by atoms with E-state index in [-0.39, 0.29) is 0 Å². The van der Waals surface area contributed by atoms with Crippen LogP contribution < -0.4 is 0 Å². The average Bonchev–Trinajstić information content (AvgIpc) is 2.40. The topological polar surface area (TPSA) is 9.72 Å². The van der Waals surface area contributed by atoms with Crippen LogP contribution in [0.1, 0.15) is 54.4 Å². The van der Waals surface area contributed by atoms with Crippen molar-refractivity contribution in [3.8, 4) is 0 Å². The van der Waals surface area contributed by atoms with Crippen LogP contribution in [0.5, 0.6) is 0 Å². The van der Waals surface area contributed by atoms with Gasteiger partial charge in [0, 0.05) is 45.8 Å². The maximum atomic E-state index is 2.73. The van der Waals surface area contributed by atoms with Gasteiger partial charge in [0.05, 0.1) is 0 Å². The highest BCUT2D eigenvalue weighted by atomic mass is 15.3. The second kappa shape index (κ2) is 7.84. The lowest BCUT2D eigenvalue weighted by molar-refractivity contribution is 0.0728. The SMILES string of the molecule is CC(C)(C)CN1CCC(CN2CCN(CC(C)(C)C)CC2)CC1. The highest BCUT2D eigenvalue weighted by Gasteiger charge is 2.26. The van der Waals surface area contributed by atoms with Gasteiger partial charge in [0.2, 0.25) is 0 Å². The Labute approximate surface area is 145 Å². The van der Waals surface area contributed by atoms with Gasteiger partial charge in [0.1, 0.15) is 0 Å². The molecule has 0 amide bonds. The largest absolute Gasteiger partial charge is 0.303 e. The van der Waals surface area contributed by atoms with Gasteiger partial charge in [-0.1, -0.05) is 41.5 Å². The third-order valence-electron chi connectivity index (χ3n) is 5.08. The maximum absolute atomic E-state index is 2.73. The predicted molar refractivity (Wildman–Crippen MR) is 101 cm³/mol. The summed E-state index contributed by atoms with van der Waals surface area (Å²) in [6.07, 6.45) is 2.80. The van der Waals surface area contributed by atoms with Gasteiger partial charge in [-0.3, -0.25) is 0 Å². The smallest absolute Gasteiger partial charge is 0.0110 e. The summed E-state index contributed by atoms with van der Waals surface area (Å²) in [6, 6.07) is 0. The van der Waals surface area contributed by atoms with Gasteiger partial charge in [0.25, 0.3) is 0 Å². The van der Waals surface area contributed by atoms with E-state index in [9.17, 15) is 0 Å². The minimum atomic E-state index is 0.433. The molecule has 0 unspecified atom stereocenters. The monoisotopic (exact) mass is 323 g/mol. The molecule has 3 heteroatoms. The lowest BCUT2D eigenvalue weighted by atomic mass is 9.91. The first kappa shape index (κ1) is 19.2. The van der Waals surface area contributed by atoms with E-state index in [4.69, 9.17) is 0 Å². The summed E-state index contributed by atoms with van der Waals surface area (Å²) in [7, 11) is 0. The minimum absolute atomic E-state index is 0.433. The van der Waals surface area contributed by atoms with Crippen molar-refractivity contribution in [2.75, 3.05) is 58.9 Å². The van der Waals surface area contributed by atoms with Crippen LogP contribution in [0.4, 0.5) is 0 Å². The van der Waals surface area contributed by atoms with E-state index < -0.39 is 0 Å². The Balaban J connectivity index is 1.64. The predicted octanol–water partition coefficient (Wildman–Crippen LogP) is 3.41. The maximum Gasteiger partial charge on any atom is 0.0110 e. The highest BCUT2D eigenvalue weighted by molar-refractivity contribution is 4.81. The second-order valence-electron chi connectivity index (χ2n) is 10.4. The summed E-state index contributed by atoms with van der Waals surface area (Å²) in [4.78, 5) is 8.06. The van der Waals surface area contributed by atoms with E-state index in [2.05, 4.69) is 56.2 Å². The van der Waals surface area contributed by atoms with Crippen molar-refractivity contribution in [2.24, 2.45) is 16.7 Å². The van der Waals surface area contributed by atoms with Crippen LogP contribution in [0.25, 0.3) is 0 Å². The highest BCUT2D eigenvalue weighted by Crippen LogP contribution is 2.23. The van der Waals surface area contributed by atoms with Crippen molar-refractivity contribution >= 4 is 0 Å². The van der Waals surface area contributed by atoms with Gasteiger partial charge in [-0.05, 0) is 42.7 Å². The molecule has 2 saturated heterocycles. The molecule has 0 aromatic carbocycles. The van der Waals surface area contributed by atoms with Crippen molar-refractivity contribution < 1.29 is 0 Å². The number of hydrogen-bond donors (Lipinski definition) is 0. The zero-order valence-corrected chi connectivity index (χ0v) is 16.7. The molecule has 0 spiro atoms. The summed E-state index contributed by atoms with van der Waals surface area (Å²) in [5, 5.41) is 0. The Morgan fingerprint density at radius 2 is 1.00 bits per heavy atom. The summed E-state index contributed by atoms with van der Waals surface area (Å²) in [6.45, 7) is 25.7. The fraction of sp³-hybridized carbons (Fsp3) is 1.00. The fourth-order valence-corrected chi connectivity index (χ4v) is 4.16. The lowest BCUT2D eigenvalue weighted by Gasteiger charge is -2.41. The standard InChI is InChI=1S/C20H41N3/c1-19(2,3)16-22-9-7-18(8-10-22)15-21-11-13-23(14-12-21)17-20(4,5)6/h18H,7-17H2,1-6H3. The number of piperidine rings is 1. The molecule has 2 rings (SSSR count). The quantitative estimate of drug-likeness (QED) is 0.785. The number of rotatable bonds is 4. The molecule has 2 aliphatic heterocycles. The summed E-state index contributed by atoms with van der Waals surface area (Å²) in [5.41, 5.74) is 0.873. The molecule has 3 nitrogen and oxygen atoms in total. The van der Waals surface area contributed by atoms with Gasteiger partial charge >= 0.3 is 0 Å². The van der Waals surface area contributed by atoms with Gasteiger partial charge < -0.3 is 14.7 Å². The zero-order valence-electron chi connectivity index (χ0n) is 16.7. The molecule has 2 heterocycles. The normalized spacial score (nSPS) is 24.3. The van der Waals surface area contributed by atoms with E-state index in [0.717, 1.165) is 5.92 Å². The first-order chi connectivity index (χ1) is 10.6. The van der Waals surface area contributed by atoms with Crippen LogP contribution in [0.3, 0.4) is 0 Å². The molecule has 0 aromatic rings. The molecule has 0 N–H and O–H groups in total. The molecule has 0 radical (unpaired) electrons. The summed E-state index contributed by atoms with van der Waals surface area (Å²) >= 11 is 0. The second-order valence-corrected chi connectivity index (χ2v) is 10.4. The third-order valence-corrected chi connectivity index (χ3v) is 5.08. The van der Waals surface area contributed by atoms with Gasteiger partial charge in [-0.25, -0.2) is 0 Å². The molecule has 0 saturated carbocycles.